The van der Waals surface area contributed by atoms with Crippen molar-refractivity contribution >= 4 is 28.1 Å². The Morgan fingerprint density at radius 1 is 1.27 bits per heavy atom. The number of benzene rings is 1. The second-order valence-corrected chi connectivity index (χ2v) is 6.26. The number of pyridine rings is 1. The molecule has 0 saturated carbocycles. The molecule has 5 heteroatoms. The van der Waals surface area contributed by atoms with Crippen molar-refractivity contribution in [2.45, 2.75) is 12.5 Å². The van der Waals surface area contributed by atoms with Crippen LogP contribution in [-0.4, -0.2) is 22.5 Å². The number of thiophene rings is 1. The first kappa shape index (κ1) is 14.7. The highest BCUT2D eigenvalue weighted by molar-refractivity contribution is 7.10. The highest BCUT2D eigenvalue weighted by atomic mass is 32.1. The minimum Gasteiger partial charge on any atom is -0.383 e. The van der Waals surface area contributed by atoms with Crippen LogP contribution in [0.5, 0.6) is 0 Å². The third-order valence-corrected chi connectivity index (χ3v) is 4.66. The minimum absolute atomic E-state index is 0.156. The highest BCUT2D eigenvalue weighted by Gasteiger charge is 2.25. The van der Waals surface area contributed by atoms with Gasteiger partial charge in [-0.3, -0.25) is 9.78 Å². The highest BCUT2D eigenvalue weighted by Crippen LogP contribution is 2.24. The Morgan fingerprint density at radius 3 is 2.91 bits per heavy atom. The van der Waals surface area contributed by atoms with Crippen molar-refractivity contribution < 1.29 is 9.90 Å². The Balaban J connectivity index is 1.80. The van der Waals surface area contributed by atoms with E-state index in [1.807, 2.05) is 35.7 Å². The number of carbonyl (C=O) groups is 1. The van der Waals surface area contributed by atoms with E-state index >= 15 is 0 Å². The minimum atomic E-state index is -1.08. The molecule has 0 spiro atoms. The summed E-state index contributed by atoms with van der Waals surface area (Å²) in [6.45, 7) is 1.85. The Hall–Kier alpha value is -2.24. The van der Waals surface area contributed by atoms with E-state index in [1.54, 1.807) is 25.3 Å². The maximum absolute atomic E-state index is 12.4. The molecule has 2 heterocycles. The summed E-state index contributed by atoms with van der Waals surface area (Å²) < 4.78 is 0. The zero-order valence-electron chi connectivity index (χ0n) is 12.1. The number of carbonyl (C=O) groups excluding carboxylic acids is 1. The van der Waals surface area contributed by atoms with Gasteiger partial charge in [0, 0.05) is 22.0 Å². The number of fused-ring (bicyclic) bond motifs is 1. The summed E-state index contributed by atoms with van der Waals surface area (Å²) in [5.74, 6) is -0.213. The molecule has 1 aromatic carbocycles. The van der Waals surface area contributed by atoms with Gasteiger partial charge < -0.3 is 10.4 Å². The first-order valence-electron chi connectivity index (χ1n) is 6.96. The van der Waals surface area contributed by atoms with Gasteiger partial charge in [0.15, 0.2) is 0 Å². The summed E-state index contributed by atoms with van der Waals surface area (Å²) in [7, 11) is 0. The van der Waals surface area contributed by atoms with E-state index in [9.17, 15) is 9.90 Å². The maximum atomic E-state index is 12.4. The summed E-state index contributed by atoms with van der Waals surface area (Å²) in [6.07, 6.45) is 1.70. The number of hydrogen-bond acceptors (Lipinski definition) is 4. The number of nitrogens with one attached hydrogen (secondary N) is 1. The molecule has 0 aliphatic heterocycles. The molecular weight excluding hydrogens is 296 g/mol. The molecule has 3 aromatic rings. The molecule has 2 aromatic heterocycles. The largest absolute Gasteiger partial charge is 0.383 e. The molecule has 1 amide bonds. The van der Waals surface area contributed by atoms with E-state index in [0.717, 1.165) is 15.8 Å². The molecule has 0 aliphatic rings. The summed E-state index contributed by atoms with van der Waals surface area (Å²) in [5, 5.41) is 16.0. The van der Waals surface area contributed by atoms with Crippen LogP contribution < -0.4 is 5.32 Å². The fraction of sp³-hybridized carbons (Fsp3) is 0.176. The maximum Gasteiger partial charge on any atom is 0.252 e. The van der Waals surface area contributed by atoms with Crippen LogP contribution in [0, 0.1) is 0 Å². The zero-order chi connectivity index (χ0) is 15.6. The third kappa shape index (κ3) is 2.86. The standard InChI is InChI=1S/C17H16N2O2S/c1-17(21,15-8-4-10-22-15)11-19-16(20)13-5-2-7-14-12(13)6-3-9-18-14/h2-10,21H,11H2,1H3,(H,19,20). The van der Waals surface area contributed by atoms with Gasteiger partial charge >= 0.3 is 0 Å². The predicted molar refractivity (Wildman–Crippen MR) is 88.0 cm³/mol. The first-order chi connectivity index (χ1) is 10.6. The Kier molecular flexibility index (Phi) is 3.92. The number of aromatic nitrogens is 1. The molecular formula is C17H16N2O2S. The van der Waals surface area contributed by atoms with Gasteiger partial charge in [-0.15, -0.1) is 11.3 Å². The molecule has 1 atom stereocenters. The van der Waals surface area contributed by atoms with Crippen LogP contribution in [0.15, 0.2) is 54.0 Å². The van der Waals surface area contributed by atoms with Gasteiger partial charge in [-0.1, -0.05) is 18.2 Å². The normalized spacial score (nSPS) is 13.7. The van der Waals surface area contributed by atoms with Crippen LogP contribution in [0.3, 0.4) is 0 Å². The van der Waals surface area contributed by atoms with Crippen molar-refractivity contribution in [1.82, 2.24) is 10.3 Å². The fourth-order valence-corrected chi connectivity index (χ4v) is 3.11. The molecule has 1 unspecified atom stereocenters. The SMILES string of the molecule is CC(O)(CNC(=O)c1cccc2ncccc12)c1cccs1. The summed E-state index contributed by atoms with van der Waals surface area (Å²) >= 11 is 1.47. The smallest absolute Gasteiger partial charge is 0.252 e. The molecule has 4 nitrogen and oxygen atoms in total. The Morgan fingerprint density at radius 2 is 2.14 bits per heavy atom. The molecule has 0 aliphatic carbocycles. The van der Waals surface area contributed by atoms with Crippen LogP contribution >= 0.6 is 11.3 Å². The number of nitrogens with zero attached hydrogens (tertiary/aromatic N) is 1. The Labute approximate surface area is 132 Å². The number of aliphatic hydroxyl groups is 1. The van der Waals surface area contributed by atoms with Crippen molar-refractivity contribution in [3.63, 3.8) is 0 Å². The zero-order valence-corrected chi connectivity index (χ0v) is 12.9. The molecule has 0 radical (unpaired) electrons. The molecule has 22 heavy (non-hydrogen) atoms. The first-order valence-corrected chi connectivity index (χ1v) is 7.84. The average molecular weight is 312 g/mol. The van der Waals surface area contributed by atoms with Gasteiger partial charge in [0.05, 0.1) is 12.1 Å². The lowest BCUT2D eigenvalue weighted by atomic mass is 10.0. The number of hydrogen-bond donors (Lipinski definition) is 2. The second kappa shape index (κ2) is 5.87. The monoisotopic (exact) mass is 312 g/mol. The second-order valence-electron chi connectivity index (χ2n) is 5.31. The van der Waals surface area contributed by atoms with Crippen LogP contribution in [0.25, 0.3) is 10.9 Å². The number of amides is 1. The van der Waals surface area contributed by atoms with Crippen LogP contribution in [0.1, 0.15) is 22.2 Å². The quantitative estimate of drug-likeness (QED) is 0.778. The van der Waals surface area contributed by atoms with E-state index in [2.05, 4.69) is 10.3 Å². The molecule has 0 bridgehead atoms. The van der Waals surface area contributed by atoms with Crippen molar-refractivity contribution in [2.75, 3.05) is 6.54 Å². The van der Waals surface area contributed by atoms with Gasteiger partial charge in [-0.25, -0.2) is 0 Å². The summed E-state index contributed by atoms with van der Waals surface area (Å²) in [4.78, 5) is 17.5. The van der Waals surface area contributed by atoms with E-state index in [1.165, 1.54) is 11.3 Å². The molecule has 3 rings (SSSR count). The van der Waals surface area contributed by atoms with Crippen molar-refractivity contribution in [3.8, 4) is 0 Å². The van der Waals surface area contributed by atoms with E-state index in [-0.39, 0.29) is 12.5 Å². The molecule has 2 N–H and O–H groups in total. The van der Waals surface area contributed by atoms with Gasteiger partial charge in [0.1, 0.15) is 5.60 Å². The average Bonchev–Trinajstić information content (AvgIpc) is 3.07. The fourth-order valence-electron chi connectivity index (χ4n) is 2.32. The van der Waals surface area contributed by atoms with E-state index in [4.69, 9.17) is 0 Å². The molecule has 0 fully saturated rings. The van der Waals surface area contributed by atoms with Gasteiger partial charge in [0.2, 0.25) is 0 Å². The molecule has 112 valence electrons. The van der Waals surface area contributed by atoms with E-state index in [0.29, 0.717) is 5.56 Å². The van der Waals surface area contributed by atoms with Gasteiger partial charge in [-0.2, -0.15) is 0 Å². The Bertz CT molecular complexity index is 792. The van der Waals surface area contributed by atoms with Gasteiger partial charge in [-0.05, 0) is 36.6 Å². The predicted octanol–water partition coefficient (Wildman–Crippen LogP) is 2.93. The van der Waals surface area contributed by atoms with Crippen LogP contribution in [0.2, 0.25) is 0 Å². The van der Waals surface area contributed by atoms with E-state index < -0.39 is 5.60 Å². The molecule has 0 saturated heterocycles. The van der Waals surface area contributed by atoms with Crippen molar-refractivity contribution in [2.24, 2.45) is 0 Å². The van der Waals surface area contributed by atoms with Crippen molar-refractivity contribution in [1.29, 1.82) is 0 Å². The number of rotatable bonds is 4. The summed E-state index contributed by atoms with van der Waals surface area (Å²) in [5.41, 5.74) is 0.264. The summed E-state index contributed by atoms with van der Waals surface area (Å²) in [6, 6.07) is 12.9. The topological polar surface area (TPSA) is 62.2 Å². The third-order valence-electron chi connectivity index (χ3n) is 3.54. The lowest BCUT2D eigenvalue weighted by Gasteiger charge is -2.22. The lowest BCUT2D eigenvalue weighted by Crippen LogP contribution is -2.38. The van der Waals surface area contributed by atoms with Crippen LogP contribution in [-0.2, 0) is 5.60 Å². The van der Waals surface area contributed by atoms with Crippen molar-refractivity contribution in [3.05, 3.63) is 64.5 Å². The van der Waals surface area contributed by atoms with Crippen LogP contribution in [0.4, 0.5) is 0 Å². The van der Waals surface area contributed by atoms with Gasteiger partial charge in [0.25, 0.3) is 5.91 Å². The lowest BCUT2D eigenvalue weighted by molar-refractivity contribution is 0.0557.